The molecule has 108 valence electrons. The largest absolute Gasteiger partial charge is 0.389 e. The van der Waals surface area contributed by atoms with Crippen molar-refractivity contribution >= 4 is 5.69 Å². The Balaban J connectivity index is 2.33. The summed E-state index contributed by atoms with van der Waals surface area (Å²) in [6.07, 6.45) is 0.698. The van der Waals surface area contributed by atoms with E-state index in [9.17, 15) is 5.11 Å². The number of hydrogen-bond acceptors (Lipinski definition) is 4. The number of ether oxygens (including phenoxy) is 1. The molecule has 0 aromatic heterocycles. The number of aliphatic hydroxyl groups is 1. The Morgan fingerprint density at radius 2 is 2.25 bits per heavy atom. The van der Waals surface area contributed by atoms with Gasteiger partial charge in [0.15, 0.2) is 0 Å². The molecule has 1 fully saturated rings. The summed E-state index contributed by atoms with van der Waals surface area (Å²) >= 11 is 0. The molecule has 1 aliphatic rings. The minimum Gasteiger partial charge on any atom is -0.389 e. The maximum atomic E-state index is 9.93. The lowest BCUT2D eigenvalue weighted by Gasteiger charge is -2.38. The van der Waals surface area contributed by atoms with E-state index in [-0.39, 0.29) is 6.10 Å². The molecule has 0 radical (unpaired) electrons. The molecule has 4 nitrogen and oxygen atoms in total. The lowest BCUT2D eigenvalue weighted by atomic mass is 9.94. The summed E-state index contributed by atoms with van der Waals surface area (Å²) in [5, 5.41) is 19.0. The van der Waals surface area contributed by atoms with Crippen LogP contribution in [-0.4, -0.2) is 31.4 Å². The third kappa shape index (κ3) is 2.95. The average Bonchev–Trinajstić information content (AvgIpc) is 2.47. The summed E-state index contributed by atoms with van der Waals surface area (Å²) in [6, 6.07) is 7.63. The van der Waals surface area contributed by atoms with Crippen LogP contribution in [-0.2, 0) is 4.74 Å². The van der Waals surface area contributed by atoms with Gasteiger partial charge in [0, 0.05) is 31.5 Å². The monoisotopic (exact) mass is 274 g/mol. The lowest BCUT2D eigenvalue weighted by Crippen LogP contribution is -2.44. The first kappa shape index (κ1) is 14.8. The Bertz CT molecular complexity index is 508. The fourth-order valence-electron chi connectivity index (χ4n) is 2.80. The lowest BCUT2D eigenvalue weighted by molar-refractivity contribution is 0.0497. The summed E-state index contributed by atoms with van der Waals surface area (Å²) in [5.41, 5.74) is 2.44. The second-order valence-electron chi connectivity index (χ2n) is 5.55. The van der Waals surface area contributed by atoms with E-state index in [4.69, 9.17) is 10.00 Å². The zero-order valence-corrected chi connectivity index (χ0v) is 12.3. The van der Waals surface area contributed by atoms with Gasteiger partial charge in [-0.05, 0) is 31.4 Å². The van der Waals surface area contributed by atoms with Crippen molar-refractivity contribution in [2.75, 3.05) is 25.1 Å². The maximum Gasteiger partial charge on any atom is 0.0992 e. The highest BCUT2D eigenvalue weighted by Gasteiger charge is 2.27. The van der Waals surface area contributed by atoms with Crippen molar-refractivity contribution in [2.45, 2.75) is 32.5 Å². The normalized spacial score (nSPS) is 24.2. The number of rotatable bonds is 3. The van der Waals surface area contributed by atoms with Gasteiger partial charge in [-0.2, -0.15) is 5.26 Å². The molecule has 1 N–H and O–H groups in total. The van der Waals surface area contributed by atoms with E-state index in [2.05, 4.69) is 17.9 Å². The Morgan fingerprint density at radius 3 is 2.85 bits per heavy atom. The summed E-state index contributed by atoms with van der Waals surface area (Å²) in [7, 11) is 1.74. The minimum absolute atomic E-state index is 0.191. The molecule has 2 rings (SSSR count). The van der Waals surface area contributed by atoms with Gasteiger partial charge in [-0.25, -0.2) is 0 Å². The second-order valence-corrected chi connectivity index (χ2v) is 5.55. The van der Waals surface area contributed by atoms with E-state index >= 15 is 0 Å². The van der Waals surface area contributed by atoms with Crippen molar-refractivity contribution in [1.82, 2.24) is 0 Å². The summed E-state index contributed by atoms with van der Waals surface area (Å²) in [4.78, 5) is 2.22. The van der Waals surface area contributed by atoms with Gasteiger partial charge in [0.05, 0.1) is 23.8 Å². The molecule has 0 aliphatic carbocycles. The Kier molecular flexibility index (Phi) is 4.64. The standard InChI is InChI=1S/C16H22N2O2/c1-11-6-7-18(10-16(11)20-3)15-8-13(9-17)4-5-14(15)12(2)19/h4-5,8,11-12,16,19H,6-7,10H2,1-3H3/t11?,12-,16?/m1/s1. The molecule has 20 heavy (non-hydrogen) atoms. The van der Waals surface area contributed by atoms with Gasteiger partial charge in [0.25, 0.3) is 0 Å². The number of piperidine rings is 1. The molecule has 0 saturated carbocycles. The molecule has 0 bridgehead atoms. The summed E-state index contributed by atoms with van der Waals surface area (Å²) in [6.45, 7) is 5.68. The van der Waals surface area contributed by atoms with Crippen LogP contribution in [0.3, 0.4) is 0 Å². The smallest absolute Gasteiger partial charge is 0.0992 e. The van der Waals surface area contributed by atoms with Crippen LogP contribution in [0.1, 0.15) is 37.5 Å². The zero-order valence-electron chi connectivity index (χ0n) is 12.3. The molecule has 2 unspecified atom stereocenters. The minimum atomic E-state index is -0.543. The van der Waals surface area contributed by atoms with Crippen LogP contribution in [0.15, 0.2) is 18.2 Å². The molecule has 1 aliphatic heterocycles. The molecule has 3 atom stereocenters. The van der Waals surface area contributed by atoms with Gasteiger partial charge in [-0.15, -0.1) is 0 Å². The van der Waals surface area contributed by atoms with E-state index in [0.717, 1.165) is 30.8 Å². The van der Waals surface area contributed by atoms with Crippen molar-refractivity contribution in [3.63, 3.8) is 0 Å². The van der Waals surface area contributed by atoms with Crippen LogP contribution in [0.25, 0.3) is 0 Å². The van der Waals surface area contributed by atoms with E-state index in [1.165, 1.54) is 0 Å². The number of benzene rings is 1. The Morgan fingerprint density at radius 1 is 1.50 bits per heavy atom. The van der Waals surface area contributed by atoms with Gasteiger partial charge in [0.1, 0.15) is 0 Å². The summed E-state index contributed by atoms with van der Waals surface area (Å²) < 4.78 is 5.54. The van der Waals surface area contributed by atoms with Crippen LogP contribution >= 0.6 is 0 Å². The highest BCUT2D eigenvalue weighted by Crippen LogP contribution is 2.31. The first-order valence-corrected chi connectivity index (χ1v) is 7.06. The first-order valence-electron chi connectivity index (χ1n) is 7.06. The number of hydrogen-bond donors (Lipinski definition) is 1. The fraction of sp³-hybridized carbons (Fsp3) is 0.562. The fourth-order valence-corrected chi connectivity index (χ4v) is 2.80. The predicted octanol–water partition coefficient (Wildman–Crippen LogP) is 2.47. The van der Waals surface area contributed by atoms with E-state index in [1.807, 2.05) is 12.1 Å². The predicted molar refractivity (Wildman–Crippen MR) is 78.6 cm³/mol. The topological polar surface area (TPSA) is 56.5 Å². The van der Waals surface area contributed by atoms with Crippen LogP contribution in [0, 0.1) is 17.2 Å². The third-order valence-electron chi connectivity index (χ3n) is 4.14. The second kappa shape index (κ2) is 6.25. The highest BCUT2D eigenvalue weighted by molar-refractivity contribution is 5.59. The van der Waals surface area contributed by atoms with Crippen molar-refractivity contribution in [3.8, 4) is 6.07 Å². The molecule has 1 aromatic carbocycles. The van der Waals surface area contributed by atoms with Crippen LogP contribution in [0.5, 0.6) is 0 Å². The van der Waals surface area contributed by atoms with Gasteiger partial charge in [0.2, 0.25) is 0 Å². The summed E-state index contributed by atoms with van der Waals surface area (Å²) in [5.74, 6) is 0.533. The van der Waals surface area contributed by atoms with Crippen LogP contribution < -0.4 is 4.90 Å². The SMILES string of the molecule is COC1CN(c2cc(C#N)ccc2[C@@H](C)O)CCC1C. The average molecular weight is 274 g/mol. The molecule has 1 saturated heterocycles. The first-order chi connectivity index (χ1) is 9.56. The van der Waals surface area contributed by atoms with Crippen molar-refractivity contribution in [1.29, 1.82) is 5.26 Å². The van der Waals surface area contributed by atoms with Crippen LogP contribution in [0.2, 0.25) is 0 Å². The quantitative estimate of drug-likeness (QED) is 0.920. The zero-order chi connectivity index (χ0) is 14.7. The van der Waals surface area contributed by atoms with Gasteiger partial charge in [-0.1, -0.05) is 13.0 Å². The Labute approximate surface area is 120 Å². The van der Waals surface area contributed by atoms with Crippen molar-refractivity contribution < 1.29 is 9.84 Å². The molecular formula is C16H22N2O2. The van der Waals surface area contributed by atoms with Gasteiger partial charge in [-0.3, -0.25) is 0 Å². The van der Waals surface area contributed by atoms with Crippen LogP contribution in [0.4, 0.5) is 5.69 Å². The van der Waals surface area contributed by atoms with Crippen molar-refractivity contribution in [2.24, 2.45) is 5.92 Å². The Hall–Kier alpha value is -1.57. The van der Waals surface area contributed by atoms with E-state index in [0.29, 0.717) is 11.5 Å². The number of methoxy groups -OCH3 is 1. The van der Waals surface area contributed by atoms with Gasteiger partial charge >= 0.3 is 0 Å². The molecule has 4 heteroatoms. The highest BCUT2D eigenvalue weighted by atomic mass is 16.5. The molecule has 1 heterocycles. The number of nitriles is 1. The molecular weight excluding hydrogens is 252 g/mol. The van der Waals surface area contributed by atoms with Gasteiger partial charge < -0.3 is 14.7 Å². The number of nitrogens with zero attached hydrogens (tertiary/aromatic N) is 2. The van der Waals surface area contributed by atoms with E-state index in [1.54, 1.807) is 20.1 Å². The molecule has 1 aromatic rings. The van der Waals surface area contributed by atoms with E-state index < -0.39 is 6.10 Å². The molecule has 0 spiro atoms. The molecule has 0 amide bonds. The maximum absolute atomic E-state index is 9.93. The third-order valence-corrected chi connectivity index (χ3v) is 4.14. The number of anilines is 1. The van der Waals surface area contributed by atoms with Crippen molar-refractivity contribution in [3.05, 3.63) is 29.3 Å². The number of aliphatic hydroxyl groups excluding tert-OH is 1.